The van der Waals surface area contributed by atoms with E-state index >= 15 is 0 Å². The van der Waals surface area contributed by atoms with Crippen LogP contribution in [0.1, 0.15) is 40.5 Å². The van der Waals surface area contributed by atoms with Crippen molar-refractivity contribution in [2.75, 3.05) is 18.8 Å². The summed E-state index contributed by atoms with van der Waals surface area (Å²) in [6.45, 7) is 8.71. The first-order valence-electron chi connectivity index (χ1n) is 6.87. The van der Waals surface area contributed by atoms with E-state index in [-0.39, 0.29) is 22.8 Å². The fourth-order valence-electron chi connectivity index (χ4n) is 2.37. The molecule has 19 heavy (non-hydrogen) atoms. The first-order valence-corrected chi connectivity index (χ1v) is 8.59. The molecule has 0 aromatic carbocycles. The van der Waals surface area contributed by atoms with E-state index in [1.54, 1.807) is 11.0 Å². The molecule has 0 atom stereocenters. The molecule has 5 heteroatoms. The molecule has 1 amide bonds. The lowest BCUT2D eigenvalue weighted by molar-refractivity contribution is -0.126. The van der Waals surface area contributed by atoms with Crippen molar-refractivity contribution in [2.24, 2.45) is 5.92 Å². The summed E-state index contributed by atoms with van der Waals surface area (Å²) >= 11 is 0. The number of hydrogen-bond acceptors (Lipinski definition) is 3. The number of carbonyl (C=O) groups is 1. The molecule has 0 aromatic heterocycles. The first-order chi connectivity index (χ1) is 8.72. The number of sulfone groups is 1. The standard InChI is InChI=1S/C14H25NO3S/c1-11(2)9-14(16)15-7-5-13(6-8-15)19(17,18)10-12(3)4/h9,12-13H,5-8,10H2,1-4H3. The van der Waals surface area contributed by atoms with E-state index in [0.717, 1.165) is 5.57 Å². The van der Waals surface area contributed by atoms with Gasteiger partial charge in [-0.15, -0.1) is 0 Å². The summed E-state index contributed by atoms with van der Waals surface area (Å²) in [7, 11) is -3.01. The summed E-state index contributed by atoms with van der Waals surface area (Å²) in [6, 6.07) is 0. The molecule has 1 fully saturated rings. The Bertz CT molecular complexity index is 439. The number of rotatable bonds is 4. The SMILES string of the molecule is CC(C)=CC(=O)N1CCC(S(=O)(=O)CC(C)C)CC1. The molecule has 1 heterocycles. The van der Waals surface area contributed by atoms with Crippen molar-refractivity contribution in [1.82, 2.24) is 4.90 Å². The third-order valence-electron chi connectivity index (χ3n) is 3.24. The highest BCUT2D eigenvalue weighted by Crippen LogP contribution is 2.20. The van der Waals surface area contributed by atoms with Gasteiger partial charge in [-0.2, -0.15) is 0 Å². The number of likely N-dealkylation sites (tertiary alicyclic amines) is 1. The summed E-state index contributed by atoms with van der Waals surface area (Å²) in [4.78, 5) is 13.6. The van der Waals surface area contributed by atoms with Crippen molar-refractivity contribution >= 4 is 15.7 Å². The zero-order valence-corrected chi connectivity index (χ0v) is 13.2. The number of piperidine rings is 1. The van der Waals surface area contributed by atoms with Gasteiger partial charge in [0.2, 0.25) is 5.91 Å². The smallest absolute Gasteiger partial charge is 0.246 e. The highest BCUT2D eigenvalue weighted by atomic mass is 32.2. The maximum atomic E-state index is 12.1. The molecule has 1 saturated heterocycles. The molecule has 0 bridgehead atoms. The number of allylic oxidation sites excluding steroid dienone is 1. The van der Waals surface area contributed by atoms with E-state index in [9.17, 15) is 13.2 Å². The predicted molar refractivity (Wildman–Crippen MR) is 77.7 cm³/mol. The van der Waals surface area contributed by atoms with Gasteiger partial charge in [0, 0.05) is 19.2 Å². The second-order valence-corrected chi connectivity index (χ2v) is 8.30. The number of amides is 1. The molecular weight excluding hydrogens is 262 g/mol. The number of hydrogen-bond donors (Lipinski definition) is 0. The second kappa shape index (κ2) is 6.55. The highest BCUT2D eigenvalue weighted by molar-refractivity contribution is 7.92. The molecule has 0 saturated carbocycles. The summed E-state index contributed by atoms with van der Waals surface area (Å²) in [5.41, 5.74) is 0.972. The van der Waals surface area contributed by atoms with Crippen LogP contribution in [-0.2, 0) is 14.6 Å². The van der Waals surface area contributed by atoms with Crippen LogP contribution in [0.5, 0.6) is 0 Å². The lowest BCUT2D eigenvalue weighted by Gasteiger charge is -2.31. The minimum atomic E-state index is -3.01. The van der Waals surface area contributed by atoms with Crippen LogP contribution in [0.25, 0.3) is 0 Å². The van der Waals surface area contributed by atoms with Crippen LogP contribution in [0.15, 0.2) is 11.6 Å². The van der Waals surface area contributed by atoms with Gasteiger partial charge < -0.3 is 4.90 Å². The summed E-state index contributed by atoms with van der Waals surface area (Å²) in [5.74, 6) is 0.412. The Balaban J connectivity index is 2.58. The zero-order valence-electron chi connectivity index (χ0n) is 12.3. The van der Waals surface area contributed by atoms with E-state index in [2.05, 4.69) is 0 Å². The average molecular weight is 287 g/mol. The molecule has 0 spiro atoms. The Hall–Kier alpha value is -0.840. The largest absolute Gasteiger partial charge is 0.339 e. The van der Waals surface area contributed by atoms with Crippen LogP contribution >= 0.6 is 0 Å². The molecular formula is C14H25NO3S. The molecule has 4 nitrogen and oxygen atoms in total. The van der Waals surface area contributed by atoms with Crippen LogP contribution in [0.2, 0.25) is 0 Å². The molecule has 0 aliphatic carbocycles. The van der Waals surface area contributed by atoms with E-state index in [4.69, 9.17) is 0 Å². The van der Waals surface area contributed by atoms with E-state index < -0.39 is 9.84 Å². The molecule has 110 valence electrons. The fraction of sp³-hybridized carbons (Fsp3) is 0.786. The Morgan fingerprint density at radius 1 is 1.26 bits per heavy atom. The average Bonchev–Trinajstić information content (AvgIpc) is 2.26. The van der Waals surface area contributed by atoms with Gasteiger partial charge in [0.15, 0.2) is 9.84 Å². The van der Waals surface area contributed by atoms with Gasteiger partial charge in [-0.25, -0.2) is 8.42 Å². The van der Waals surface area contributed by atoms with Crippen LogP contribution in [0, 0.1) is 5.92 Å². The Morgan fingerprint density at radius 3 is 2.21 bits per heavy atom. The monoisotopic (exact) mass is 287 g/mol. The van der Waals surface area contributed by atoms with Crippen molar-refractivity contribution in [3.8, 4) is 0 Å². The summed E-state index contributed by atoms with van der Waals surface area (Å²) in [5, 5.41) is -0.273. The Labute approximate surface area is 116 Å². The minimum Gasteiger partial charge on any atom is -0.339 e. The number of nitrogens with zero attached hydrogens (tertiary/aromatic N) is 1. The van der Waals surface area contributed by atoms with Crippen molar-refractivity contribution in [1.29, 1.82) is 0 Å². The normalized spacial score (nSPS) is 17.6. The van der Waals surface area contributed by atoms with Crippen molar-refractivity contribution < 1.29 is 13.2 Å². The van der Waals surface area contributed by atoms with Crippen molar-refractivity contribution in [3.05, 3.63) is 11.6 Å². The van der Waals surface area contributed by atoms with Crippen molar-refractivity contribution in [2.45, 2.75) is 45.8 Å². The maximum Gasteiger partial charge on any atom is 0.246 e. The molecule has 0 unspecified atom stereocenters. The van der Waals surface area contributed by atoms with E-state index in [1.807, 2.05) is 27.7 Å². The highest BCUT2D eigenvalue weighted by Gasteiger charge is 2.31. The van der Waals surface area contributed by atoms with Gasteiger partial charge in [-0.05, 0) is 32.6 Å². The summed E-state index contributed by atoms with van der Waals surface area (Å²) in [6.07, 6.45) is 2.75. The van der Waals surface area contributed by atoms with E-state index in [1.165, 1.54) is 0 Å². The fourth-order valence-corrected chi connectivity index (χ4v) is 4.50. The second-order valence-electron chi connectivity index (χ2n) is 5.97. The minimum absolute atomic E-state index is 0.000271. The van der Waals surface area contributed by atoms with Crippen LogP contribution in [0.4, 0.5) is 0 Å². The zero-order chi connectivity index (χ0) is 14.6. The lowest BCUT2D eigenvalue weighted by atomic mass is 10.1. The summed E-state index contributed by atoms with van der Waals surface area (Å²) < 4.78 is 24.3. The molecule has 1 aliphatic heterocycles. The number of carbonyl (C=O) groups excluding carboxylic acids is 1. The third kappa shape index (κ3) is 4.97. The van der Waals surface area contributed by atoms with Gasteiger partial charge >= 0.3 is 0 Å². The molecule has 0 aromatic rings. The van der Waals surface area contributed by atoms with Crippen molar-refractivity contribution in [3.63, 3.8) is 0 Å². The lowest BCUT2D eigenvalue weighted by Crippen LogP contribution is -2.42. The Kier molecular flexibility index (Phi) is 5.59. The topological polar surface area (TPSA) is 54.5 Å². The van der Waals surface area contributed by atoms with Gasteiger partial charge in [0.1, 0.15) is 0 Å². The van der Waals surface area contributed by atoms with Gasteiger partial charge in [-0.3, -0.25) is 4.79 Å². The maximum absolute atomic E-state index is 12.1. The Morgan fingerprint density at radius 2 is 1.79 bits per heavy atom. The molecule has 0 radical (unpaired) electrons. The first kappa shape index (κ1) is 16.2. The third-order valence-corrected chi connectivity index (χ3v) is 5.86. The molecule has 0 N–H and O–H groups in total. The van der Waals surface area contributed by atoms with Gasteiger partial charge in [-0.1, -0.05) is 19.4 Å². The quantitative estimate of drug-likeness (QED) is 0.743. The predicted octanol–water partition coefficient (Wildman–Crippen LogP) is 2.01. The van der Waals surface area contributed by atoms with Crippen LogP contribution in [-0.4, -0.2) is 43.3 Å². The molecule has 1 rings (SSSR count). The molecule has 1 aliphatic rings. The van der Waals surface area contributed by atoms with Crippen LogP contribution in [0.3, 0.4) is 0 Å². The van der Waals surface area contributed by atoms with E-state index in [0.29, 0.717) is 25.9 Å². The van der Waals surface area contributed by atoms with Gasteiger partial charge in [0.05, 0.1) is 11.0 Å². The van der Waals surface area contributed by atoms with Crippen LogP contribution < -0.4 is 0 Å². The van der Waals surface area contributed by atoms with Gasteiger partial charge in [0.25, 0.3) is 0 Å².